The van der Waals surface area contributed by atoms with E-state index >= 15 is 0 Å². The second-order valence-electron chi connectivity index (χ2n) is 6.45. The van der Waals surface area contributed by atoms with Gasteiger partial charge in [0.2, 0.25) is 0 Å². The molecule has 0 saturated carbocycles. The highest BCUT2D eigenvalue weighted by atomic mass is 35.5. The lowest BCUT2D eigenvalue weighted by Crippen LogP contribution is -2.27. The average molecular weight is 441 g/mol. The number of nitrogens with zero attached hydrogens (tertiary/aromatic N) is 2. The van der Waals surface area contributed by atoms with E-state index < -0.39 is 16.1 Å². The quantitative estimate of drug-likeness (QED) is 0.278. The molecule has 2 heterocycles. The Hall–Kier alpha value is -3.36. The molecule has 30 heavy (non-hydrogen) atoms. The summed E-state index contributed by atoms with van der Waals surface area (Å²) in [6, 6.07) is 14.3. The predicted molar refractivity (Wildman–Crippen MR) is 115 cm³/mol. The second kappa shape index (κ2) is 7.81. The number of imide groups is 1. The molecule has 0 radical (unpaired) electrons. The number of non-ortho nitro benzene ring substituents is 1. The van der Waals surface area contributed by atoms with Crippen LogP contribution in [0.5, 0.6) is 0 Å². The maximum absolute atomic E-state index is 12.7. The van der Waals surface area contributed by atoms with Crippen molar-refractivity contribution in [3.63, 3.8) is 0 Å². The summed E-state index contributed by atoms with van der Waals surface area (Å²) >= 11 is 6.68. The molecule has 4 rings (SSSR count). The Balaban J connectivity index is 1.60. The average Bonchev–Trinajstić information content (AvgIpc) is 3.27. The second-order valence-corrected chi connectivity index (χ2v) is 7.88. The number of carbonyl (C=O) groups is 2. The minimum atomic E-state index is -0.457. The summed E-state index contributed by atoms with van der Waals surface area (Å²) in [5, 5.41) is 11.0. The lowest BCUT2D eigenvalue weighted by molar-refractivity contribution is -0.384. The first-order valence-electron chi connectivity index (χ1n) is 8.72. The molecule has 3 aromatic rings. The Morgan fingerprint density at radius 3 is 2.50 bits per heavy atom. The molecule has 2 aromatic carbocycles. The number of hydrogen-bond acceptors (Lipinski definition) is 6. The Morgan fingerprint density at radius 1 is 1.10 bits per heavy atom. The summed E-state index contributed by atoms with van der Waals surface area (Å²) in [6.07, 6.45) is 1.51. The molecule has 1 aromatic heterocycles. The highest BCUT2D eigenvalue weighted by molar-refractivity contribution is 8.19. The van der Waals surface area contributed by atoms with Crippen LogP contribution in [0.2, 0.25) is 5.02 Å². The van der Waals surface area contributed by atoms with Crippen molar-refractivity contribution in [3.8, 4) is 11.3 Å². The molecule has 0 aliphatic carbocycles. The van der Waals surface area contributed by atoms with Crippen molar-refractivity contribution in [1.82, 2.24) is 0 Å². The maximum atomic E-state index is 12.7. The van der Waals surface area contributed by atoms with Crippen LogP contribution in [0, 0.1) is 17.0 Å². The zero-order valence-electron chi connectivity index (χ0n) is 15.5. The van der Waals surface area contributed by atoms with E-state index in [2.05, 4.69) is 0 Å². The number of nitro groups is 1. The van der Waals surface area contributed by atoms with Gasteiger partial charge in [-0.15, -0.1) is 0 Å². The molecule has 0 spiro atoms. The Morgan fingerprint density at radius 2 is 1.83 bits per heavy atom. The van der Waals surface area contributed by atoms with Crippen LogP contribution in [0.4, 0.5) is 16.2 Å². The highest BCUT2D eigenvalue weighted by Crippen LogP contribution is 2.37. The molecule has 0 unspecified atom stereocenters. The van der Waals surface area contributed by atoms with Gasteiger partial charge >= 0.3 is 0 Å². The first-order chi connectivity index (χ1) is 14.3. The van der Waals surface area contributed by atoms with Gasteiger partial charge in [-0.05, 0) is 66.7 Å². The van der Waals surface area contributed by atoms with Crippen molar-refractivity contribution in [3.05, 3.63) is 86.0 Å². The van der Waals surface area contributed by atoms with Crippen molar-refractivity contribution in [2.24, 2.45) is 0 Å². The summed E-state index contributed by atoms with van der Waals surface area (Å²) < 4.78 is 5.79. The number of rotatable bonds is 4. The van der Waals surface area contributed by atoms with Gasteiger partial charge in [-0.2, -0.15) is 0 Å². The Labute approximate surface area is 180 Å². The van der Waals surface area contributed by atoms with E-state index in [1.54, 1.807) is 49.4 Å². The zero-order valence-corrected chi connectivity index (χ0v) is 17.1. The van der Waals surface area contributed by atoms with Crippen molar-refractivity contribution < 1.29 is 18.9 Å². The summed E-state index contributed by atoms with van der Waals surface area (Å²) in [4.78, 5) is 36.8. The van der Waals surface area contributed by atoms with Crippen LogP contribution in [0.15, 0.2) is 63.9 Å². The first kappa shape index (κ1) is 19.9. The number of benzene rings is 2. The fraction of sp³-hybridized carbons (Fsp3) is 0.0476. The summed E-state index contributed by atoms with van der Waals surface area (Å²) in [5.41, 5.74) is 1.83. The van der Waals surface area contributed by atoms with E-state index in [0.29, 0.717) is 33.4 Å². The van der Waals surface area contributed by atoms with Crippen LogP contribution in [-0.4, -0.2) is 16.1 Å². The van der Waals surface area contributed by atoms with Crippen LogP contribution in [-0.2, 0) is 4.79 Å². The van der Waals surface area contributed by atoms with E-state index in [4.69, 9.17) is 16.0 Å². The lowest BCUT2D eigenvalue weighted by atomic mass is 10.1. The molecule has 1 fully saturated rings. The number of hydrogen-bond donors (Lipinski definition) is 0. The largest absolute Gasteiger partial charge is 0.457 e. The van der Waals surface area contributed by atoms with Gasteiger partial charge in [0, 0.05) is 28.8 Å². The molecular formula is C21H13ClN2O5S. The number of carbonyl (C=O) groups excluding carboxylic acids is 2. The number of nitro benzene ring substituents is 1. The van der Waals surface area contributed by atoms with E-state index in [0.717, 1.165) is 16.7 Å². The van der Waals surface area contributed by atoms with Crippen LogP contribution >= 0.6 is 23.4 Å². The van der Waals surface area contributed by atoms with Gasteiger partial charge in [0.15, 0.2) is 0 Å². The number of aryl methyl sites for hydroxylation is 1. The van der Waals surface area contributed by atoms with Gasteiger partial charge < -0.3 is 4.42 Å². The van der Waals surface area contributed by atoms with Gasteiger partial charge in [-0.25, -0.2) is 4.90 Å². The third-order valence-corrected chi connectivity index (χ3v) is 5.59. The van der Waals surface area contributed by atoms with Gasteiger partial charge in [-0.1, -0.05) is 11.6 Å². The molecule has 1 saturated heterocycles. The summed E-state index contributed by atoms with van der Waals surface area (Å²) in [5.74, 6) is 0.451. The molecule has 9 heteroatoms. The fourth-order valence-electron chi connectivity index (χ4n) is 3.02. The molecule has 2 amide bonds. The smallest absolute Gasteiger partial charge is 0.298 e. The van der Waals surface area contributed by atoms with Crippen LogP contribution < -0.4 is 4.90 Å². The minimum Gasteiger partial charge on any atom is -0.457 e. The topological polar surface area (TPSA) is 93.7 Å². The number of furan rings is 1. The minimum absolute atomic E-state index is 0.00102. The standard InChI is InChI=1S/C21H13ClN2O5S/c1-12-10-15(24(27)28)6-8-17(12)18-9-7-16(29-18)11-19-20(25)23(21(26)30-19)14-4-2-13(22)3-5-14/h2-11H,1H3. The van der Waals surface area contributed by atoms with Crippen LogP contribution in [0.3, 0.4) is 0 Å². The number of amides is 2. The number of halogens is 1. The fourth-order valence-corrected chi connectivity index (χ4v) is 3.97. The van der Waals surface area contributed by atoms with Crippen molar-refractivity contribution in [2.45, 2.75) is 6.92 Å². The normalized spacial score (nSPS) is 15.3. The lowest BCUT2D eigenvalue weighted by Gasteiger charge is -2.11. The van der Waals surface area contributed by atoms with Crippen molar-refractivity contribution in [1.29, 1.82) is 0 Å². The third-order valence-electron chi connectivity index (χ3n) is 4.46. The van der Waals surface area contributed by atoms with Gasteiger partial charge in [0.05, 0.1) is 15.5 Å². The molecular weight excluding hydrogens is 428 g/mol. The Kier molecular flexibility index (Phi) is 5.19. The SMILES string of the molecule is Cc1cc([N+](=O)[O-])ccc1-c1ccc(C=C2SC(=O)N(c3ccc(Cl)cc3)C2=O)o1. The highest BCUT2D eigenvalue weighted by Gasteiger charge is 2.36. The van der Waals surface area contributed by atoms with Gasteiger partial charge in [-0.3, -0.25) is 19.7 Å². The van der Waals surface area contributed by atoms with Crippen LogP contribution in [0.1, 0.15) is 11.3 Å². The number of thioether (sulfide) groups is 1. The molecule has 1 aliphatic heterocycles. The summed E-state index contributed by atoms with van der Waals surface area (Å²) in [7, 11) is 0. The van der Waals surface area contributed by atoms with Crippen LogP contribution in [0.25, 0.3) is 17.4 Å². The van der Waals surface area contributed by atoms with E-state index in [-0.39, 0.29) is 10.6 Å². The molecule has 1 aliphatic rings. The monoisotopic (exact) mass is 440 g/mol. The van der Waals surface area contributed by atoms with Gasteiger partial charge in [0.25, 0.3) is 16.8 Å². The van der Waals surface area contributed by atoms with E-state index in [9.17, 15) is 19.7 Å². The van der Waals surface area contributed by atoms with Crippen molar-refractivity contribution >= 4 is 52.0 Å². The molecule has 0 N–H and O–H groups in total. The zero-order chi connectivity index (χ0) is 21.4. The Bertz CT molecular complexity index is 1220. The first-order valence-corrected chi connectivity index (χ1v) is 9.92. The third kappa shape index (κ3) is 3.74. The molecule has 150 valence electrons. The predicted octanol–water partition coefficient (Wildman–Crippen LogP) is 6.06. The molecule has 0 atom stereocenters. The van der Waals surface area contributed by atoms with Gasteiger partial charge in [0.1, 0.15) is 11.5 Å². The summed E-state index contributed by atoms with van der Waals surface area (Å²) in [6.45, 7) is 1.75. The van der Waals surface area contributed by atoms with E-state index in [1.807, 2.05) is 0 Å². The van der Waals surface area contributed by atoms with Crippen molar-refractivity contribution in [2.75, 3.05) is 4.90 Å². The molecule has 7 nitrogen and oxygen atoms in total. The number of anilines is 1. The van der Waals surface area contributed by atoms with E-state index in [1.165, 1.54) is 18.2 Å². The molecule has 0 bridgehead atoms. The maximum Gasteiger partial charge on any atom is 0.298 e.